The maximum atomic E-state index is 5.65. The fourth-order valence-electron chi connectivity index (χ4n) is 1.53. The zero-order valence-electron chi connectivity index (χ0n) is 8.43. The molecule has 1 heterocycles. The van der Waals surface area contributed by atoms with Crippen molar-refractivity contribution in [1.82, 2.24) is 4.98 Å². The second kappa shape index (κ2) is 5.79. The number of benzene rings is 1. The van der Waals surface area contributed by atoms with Gasteiger partial charge >= 0.3 is 0 Å². The minimum Gasteiger partial charge on any atom is -0.397 e. The average Bonchev–Trinajstić information content (AvgIpc) is 2.16. The number of para-hydroxylation sites is 1. The van der Waals surface area contributed by atoms with E-state index in [1.807, 2.05) is 18.2 Å². The summed E-state index contributed by atoms with van der Waals surface area (Å²) >= 11 is 0. The zero-order valence-corrected chi connectivity index (χ0v) is 10.1. The number of fused-ring (bicyclic) bond motifs is 1. The molecule has 4 heteroatoms. The van der Waals surface area contributed by atoms with Crippen molar-refractivity contribution < 1.29 is 0 Å². The first-order valence-electron chi connectivity index (χ1n) is 4.44. The lowest BCUT2D eigenvalue weighted by atomic mass is 10.1. The number of rotatable bonds is 1. The number of halogens is 2. The number of aromatic nitrogens is 1. The first kappa shape index (κ1) is 14.0. The predicted molar refractivity (Wildman–Crippen MR) is 70.0 cm³/mol. The lowest BCUT2D eigenvalue weighted by Gasteiger charge is -2.03. The molecular formula is C11H14Cl2N2. The van der Waals surface area contributed by atoms with Crippen molar-refractivity contribution in [2.24, 2.45) is 0 Å². The molecule has 0 atom stereocenters. The Labute approximate surface area is 102 Å². The Balaban J connectivity index is 0.000000980. The highest BCUT2D eigenvalue weighted by molar-refractivity contribution is 5.85. The summed E-state index contributed by atoms with van der Waals surface area (Å²) in [5, 5.41) is 1.12. The summed E-state index contributed by atoms with van der Waals surface area (Å²) in [7, 11) is 0. The van der Waals surface area contributed by atoms with Crippen LogP contribution in [0.4, 0.5) is 5.69 Å². The number of hydrogen-bond acceptors (Lipinski definition) is 2. The summed E-state index contributed by atoms with van der Waals surface area (Å²) in [5.74, 6) is 0. The maximum Gasteiger partial charge on any atom is 0.0735 e. The van der Waals surface area contributed by atoms with Crippen LogP contribution >= 0.6 is 24.8 Å². The van der Waals surface area contributed by atoms with Crippen LogP contribution in [0.3, 0.4) is 0 Å². The molecule has 0 bridgehead atoms. The van der Waals surface area contributed by atoms with Crippen molar-refractivity contribution in [2.45, 2.75) is 13.3 Å². The fraction of sp³-hybridized carbons (Fsp3) is 0.182. The first-order valence-corrected chi connectivity index (χ1v) is 4.44. The van der Waals surface area contributed by atoms with Crippen LogP contribution in [0, 0.1) is 0 Å². The predicted octanol–water partition coefficient (Wildman–Crippen LogP) is 3.22. The molecule has 0 saturated heterocycles. The van der Waals surface area contributed by atoms with Crippen molar-refractivity contribution in [3.63, 3.8) is 0 Å². The molecular weight excluding hydrogens is 231 g/mol. The fourth-order valence-corrected chi connectivity index (χ4v) is 1.53. The van der Waals surface area contributed by atoms with E-state index in [1.165, 1.54) is 5.56 Å². The van der Waals surface area contributed by atoms with Crippen LogP contribution in [0.1, 0.15) is 12.5 Å². The van der Waals surface area contributed by atoms with E-state index in [0.717, 1.165) is 23.0 Å². The molecule has 0 unspecified atom stereocenters. The molecule has 0 amide bonds. The number of pyridine rings is 1. The molecule has 0 radical (unpaired) electrons. The third-order valence-electron chi connectivity index (χ3n) is 2.20. The molecule has 2 aromatic rings. The van der Waals surface area contributed by atoms with Crippen molar-refractivity contribution in [3.05, 3.63) is 36.0 Å². The van der Waals surface area contributed by atoms with Gasteiger partial charge in [0.2, 0.25) is 0 Å². The number of nitrogens with zero attached hydrogens (tertiary/aromatic N) is 1. The van der Waals surface area contributed by atoms with Crippen LogP contribution in [-0.4, -0.2) is 4.98 Å². The monoisotopic (exact) mass is 244 g/mol. The van der Waals surface area contributed by atoms with Gasteiger partial charge in [-0.25, -0.2) is 0 Å². The second-order valence-corrected chi connectivity index (χ2v) is 3.11. The van der Waals surface area contributed by atoms with Gasteiger partial charge in [-0.15, -0.1) is 24.8 Å². The van der Waals surface area contributed by atoms with E-state index in [9.17, 15) is 0 Å². The van der Waals surface area contributed by atoms with Crippen LogP contribution in [0.25, 0.3) is 10.9 Å². The molecule has 0 spiro atoms. The Hall–Kier alpha value is -0.990. The highest BCUT2D eigenvalue weighted by atomic mass is 35.5. The van der Waals surface area contributed by atoms with E-state index in [4.69, 9.17) is 5.73 Å². The van der Waals surface area contributed by atoms with Crippen LogP contribution in [0.15, 0.2) is 30.5 Å². The Morgan fingerprint density at radius 2 is 2.00 bits per heavy atom. The van der Waals surface area contributed by atoms with Gasteiger partial charge in [-0.3, -0.25) is 4.98 Å². The van der Waals surface area contributed by atoms with Crippen molar-refractivity contribution in [3.8, 4) is 0 Å². The minimum atomic E-state index is 0. The summed E-state index contributed by atoms with van der Waals surface area (Å²) in [6, 6.07) is 8.15. The van der Waals surface area contributed by atoms with E-state index in [1.54, 1.807) is 6.20 Å². The van der Waals surface area contributed by atoms with Gasteiger partial charge < -0.3 is 5.73 Å². The lowest BCUT2D eigenvalue weighted by Crippen LogP contribution is -1.90. The van der Waals surface area contributed by atoms with Gasteiger partial charge in [0.1, 0.15) is 0 Å². The highest BCUT2D eigenvalue weighted by Crippen LogP contribution is 2.18. The summed E-state index contributed by atoms with van der Waals surface area (Å²) in [5.41, 5.74) is 8.72. The van der Waals surface area contributed by atoms with Gasteiger partial charge in [0.05, 0.1) is 17.4 Å². The molecule has 15 heavy (non-hydrogen) atoms. The molecule has 0 aliphatic carbocycles. The standard InChI is InChI=1S/C11H12N2.2ClH/c1-2-8-4-3-5-9-6-10(12)7-13-11(8)9;;/h3-7H,2,12H2,1H3;2*1H. The number of aryl methyl sites for hydroxylation is 1. The van der Waals surface area contributed by atoms with E-state index < -0.39 is 0 Å². The molecule has 0 aliphatic rings. The molecule has 2 rings (SSSR count). The quantitative estimate of drug-likeness (QED) is 0.837. The summed E-state index contributed by atoms with van der Waals surface area (Å²) in [6.45, 7) is 2.13. The number of nitrogens with two attached hydrogens (primary N) is 1. The molecule has 2 nitrogen and oxygen atoms in total. The van der Waals surface area contributed by atoms with Gasteiger partial charge in [0, 0.05) is 5.39 Å². The van der Waals surface area contributed by atoms with Crippen molar-refractivity contribution >= 4 is 41.4 Å². The third-order valence-corrected chi connectivity index (χ3v) is 2.20. The molecule has 0 saturated carbocycles. The number of anilines is 1. The van der Waals surface area contributed by atoms with Gasteiger partial charge in [-0.1, -0.05) is 25.1 Å². The third kappa shape index (κ3) is 2.74. The number of hydrogen-bond donors (Lipinski definition) is 1. The Bertz CT molecular complexity index is 444. The summed E-state index contributed by atoms with van der Waals surface area (Å²) in [4.78, 5) is 4.33. The largest absolute Gasteiger partial charge is 0.397 e. The van der Waals surface area contributed by atoms with E-state index in [0.29, 0.717) is 0 Å². The SMILES string of the molecule is CCc1cccc2cc(N)cnc12.Cl.Cl. The van der Waals surface area contributed by atoms with E-state index in [2.05, 4.69) is 18.0 Å². The summed E-state index contributed by atoms with van der Waals surface area (Å²) in [6.07, 6.45) is 2.72. The first-order chi connectivity index (χ1) is 6.31. The molecule has 1 aromatic carbocycles. The molecule has 82 valence electrons. The number of nitrogen functional groups attached to an aromatic ring is 1. The van der Waals surface area contributed by atoms with Gasteiger partial charge in [-0.2, -0.15) is 0 Å². The van der Waals surface area contributed by atoms with Crippen LogP contribution < -0.4 is 5.73 Å². The van der Waals surface area contributed by atoms with Crippen molar-refractivity contribution in [2.75, 3.05) is 5.73 Å². The molecule has 0 aliphatic heterocycles. The Kier molecular flexibility index (Phi) is 5.40. The zero-order chi connectivity index (χ0) is 9.26. The summed E-state index contributed by atoms with van der Waals surface area (Å²) < 4.78 is 0. The van der Waals surface area contributed by atoms with Crippen LogP contribution in [-0.2, 0) is 6.42 Å². The second-order valence-electron chi connectivity index (χ2n) is 3.11. The normalized spacial score (nSPS) is 9.13. The Morgan fingerprint density at radius 1 is 1.27 bits per heavy atom. The van der Waals surface area contributed by atoms with Crippen LogP contribution in [0.5, 0.6) is 0 Å². The minimum absolute atomic E-state index is 0. The topological polar surface area (TPSA) is 38.9 Å². The molecule has 2 N–H and O–H groups in total. The lowest BCUT2D eigenvalue weighted by molar-refractivity contribution is 1.14. The van der Waals surface area contributed by atoms with Crippen molar-refractivity contribution in [1.29, 1.82) is 0 Å². The molecule has 0 fully saturated rings. The Morgan fingerprint density at radius 3 is 2.67 bits per heavy atom. The maximum absolute atomic E-state index is 5.65. The smallest absolute Gasteiger partial charge is 0.0735 e. The van der Waals surface area contributed by atoms with Gasteiger partial charge in [0.25, 0.3) is 0 Å². The highest BCUT2D eigenvalue weighted by Gasteiger charge is 1.99. The molecule has 1 aromatic heterocycles. The average molecular weight is 245 g/mol. The van der Waals surface area contributed by atoms with Crippen LogP contribution in [0.2, 0.25) is 0 Å². The van der Waals surface area contributed by atoms with Gasteiger partial charge in [0.15, 0.2) is 0 Å². The van der Waals surface area contributed by atoms with E-state index >= 15 is 0 Å². The van der Waals surface area contributed by atoms with E-state index in [-0.39, 0.29) is 24.8 Å². The van der Waals surface area contributed by atoms with Gasteiger partial charge in [-0.05, 0) is 18.1 Å².